The number of carbonyl (C=O) groups excluding carboxylic acids is 1. The van der Waals surface area contributed by atoms with Gasteiger partial charge in [0.25, 0.3) is 0 Å². The van der Waals surface area contributed by atoms with Crippen molar-refractivity contribution < 1.29 is 14.6 Å². The monoisotopic (exact) mass is 299 g/mol. The van der Waals surface area contributed by atoms with Gasteiger partial charge in [0.05, 0.1) is 7.11 Å². The quantitative estimate of drug-likeness (QED) is 0.596. The molecule has 0 bridgehead atoms. The molecule has 2 rings (SSSR count). The molecule has 0 aliphatic rings. The van der Waals surface area contributed by atoms with Crippen molar-refractivity contribution in [2.75, 3.05) is 7.11 Å². The fourth-order valence-corrected chi connectivity index (χ4v) is 1.94. The average Bonchev–Trinajstić information content (AvgIpc) is 2.50. The topological polar surface area (TPSA) is 96.9 Å². The van der Waals surface area contributed by atoms with Crippen LogP contribution in [-0.4, -0.2) is 24.0 Å². The Bertz CT molecular complexity index is 709. The van der Waals surface area contributed by atoms with Gasteiger partial charge in [0, 0.05) is 17.2 Å². The Kier molecular flexibility index (Phi) is 4.63. The van der Waals surface area contributed by atoms with Crippen molar-refractivity contribution in [2.45, 2.75) is 6.92 Å². The summed E-state index contributed by atoms with van der Waals surface area (Å²) < 4.78 is 5.06. The van der Waals surface area contributed by atoms with E-state index in [0.29, 0.717) is 17.0 Å². The van der Waals surface area contributed by atoms with Gasteiger partial charge < -0.3 is 15.6 Å². The maximum absolute atomic E-state index is 10.9. The van der Waals surface area contributed by atoms with Crippen LogP contribution in [0.4, 0.5) is 4.79 Å². The molecule has 0 unspecified atom stereocenters. The molecule has 2 aromatic carbocycles. The minimum Gasteiger partial charge on any atom is -0.507 e. The first kappa shape index (κ1) is 15.4. The third-order valence-corrected chi connectivity index (χ3v) is 3.06. The number of aromatic hydroxyl groups is 1. The third kappa shape index (κ3) is 3.54. The van der Waals surface area contributed by atoms with Gasteiger partial charge >= 0.3 is 6.03 Å². The Morgan fingerprint density at radius 3 is 2.45 bits per heavy atom. The maximum Gasteiger partial charge on any atom is 0.332 e. The van der Waals surface area contributed by atoms with Crippen molar-refractivity contribution >= 4 is 11.7 Å². The fourth-order valence-electron chi connectivity index (χ4n) is 1.94. The molecule has 0 aliphatic carbocycles. The van der Waals surface area contributed by atoms with E-state index in [2.05, 4.69) is 10.5 Å². The van der Waals surface area contributed by atoms with Gasteiger partial charge in [-0.05, 0) is 19.1 Å². The van der Waals surface area contributed by atoms with E-state index in [1.807, 2.05) is 31.2 Å². The highest BCUT2D eigenvalue weighted by Crippen LogP contribution is 2.26. The lowest BCUT2D eigenvalue weighted by molar-refractivity contribution is 0.249. The first-order valence-electron chi connectivity index (χ1n) is 6.59. The van der Waals surface area contributed by atoms with E-state index in [-0.39, 0.29) is 5.75 Å². The molecule has 0 saturated carbocycles. The van der Waals surface area contributed by atoms with Gasteiger partial charge in [-0.2, -0.15) is 5.10 Å². The number of hydrazone groups is 1. The summed E-state index contributed by atoms with van der Waals surface area (Å²) in [6.45, 7) is 1.97. The molecular weight excluding hydrogens is 282 g/mol. The number of aryl methyl sites for hydroxylation is 1. The first-order chi connectivity index (χ1) is 10.5. The van der Waals surface area contributed by atoms with Crippen LogP contribution in [0.3, 0.4) is 0 Å². The lowest BCUT2D eigenvalue weighted by Gasteiger charge is -2.11. The molecule has 0 spiro atoms. The number of carbonyl (C=O) groups is 1. The lowest BCUT2D eigenvalue weighted by Crippen LogP contribution is -2.26. The van der Waals surface area contributed by atoms with Crippen LogP contribution in [0.25, 0.3) is 0 Å². The SMILES string of the molecule is COc1ccc(/C(=N\NC(N)=O)c2ccc(C)cc2)c(O)c1. The van der Waals surface area contributed by atoms with Gasteiger partial charge in [-0.1, -0.05) is 29.8 Å². The van der Waals surface area contributed by atoms with Crippen molar-refractivity contribution in [3.63, 3.8) is 0 Å². The molecule has 0 fully saturated rings. The number of methoxy groups -OCH3 is 1. The van der Waals surface area contributed by atoms with Crippen LogP contribution in [0.2, 0.25) is 0 Å². The number of nitrogens with zero attached hydrogens (tertiary/aromatic N) is 1. The molecule has 6 heteroatoms. The molecule has 0 aliphatic heterocycles. The summed E-state index contributed by atoms with van der Waals surface area (Å²) in [5, 5.41) is 14.2. The molecule has 6 nitrogen and oxygen atoms in total. The molecule has 0 aromatic heterocycles. The predicted molar refractivity (Wildman–Crippen MR) is 84.2 cm³/mol. The summed E-state index contributed by atoms with van der Waals surface area (Å²) in [6, 6.07) is 11.6. The van der Waals surface area contributed by atoms with Gasteiger partial charge in [-0.3, -0.25) is 0 Å². The van der Waals surface area contributed by atoms with E-state index in [4.69, 9.17) is 10.5 Å². The largest absolute Gasteiger partial charge is 0.507 e. The molecular formula is C16H17N3O3. The standard InChI is InChI=1S/C16H17N3O3/c1-10-3-5-11(6-4-10)15(18-19-16(17)21)13-8-7-12(22-2)9-14(13)20/h3-9,20H,1-2H3,(H3,17,19,21)/b18-15-. The summed E-state index contributed by atoms with van der Waals surface area (Å²) in [4.78, 5) is 10.9. The highest BCUT2D eigenvalue weighted by atomic mass is 16.5. The van der Waals surface area contributed by atoms with Gasteiger partial charge in [0.15, 0.2) is 0 Å². The number of ether oxygens (including phenoxy) is 1. The second kappa shape index (κ2) is 6.62. The van der Waals surface area contributed by atoms with E-state index in [9.17, 15) is 9.90 Å². The molecule has 0 saturated heterocycles. The summed E-state index contributed by atoms with van der Waals surface area (Å²) in [5.74, 6) is 0.511. The lowest BCUT2D eigenvalue weighted by atomic mass is 10.0. The third-order valence-electron chi connectivity index (χ3n) is 3.06. The number of hydrogen-bond acceptors (Lipinski definition) is 4. The van der Waals surface area contributed by atoms with Crippen LogP contribution >= 0.6 is 0 Å². The maximum atomic E-state index is 10.9. The van der Waals surface area contributed by atoms with Crippen molar-refractivity contribution in [3.05, 3.63) is 59.2 Å². The number of nitrogens with one attached hydrogen (secondary N) is 1. The van der Waals surface area contributed by atoms with Crippen molar-refractivity contribution in [3.8, 4) is 11.5 Å². The zero-order valence-electron chi connectivity index (χ0n) is 12.3. The van der Waals surface area contributed by atoms with Crippen LogP contribution < -0.4 is 15.9 Å². The number of hydrogen-bond donors (Lipinski definition) is 3. The van der Waals surface area contributed by atoms with E-state index in [0.717, 1.165) is 11.1 Å². The number of rotatable bonds is 4. The van der Waals surface area contributed by atoms with Gasteiger partial charge in [-0.25, -0.2) is 10.2 Å². The average molecular weight is 299 g/mol. The van der Waals surface area contributed by atoms with Crippen LogP contribution in [-0.2, 0) is 0 Å². The highest BCUT2D eigenvalue weighted by molar-refractivity contribution is 6.14. The Balaban J connectivity index is 2.51. The second-order valence-electron chi connectivity index (χ2n) is 4.69. The number of phenols is 1. The predicted octanol–water partition coefficient (Wildman–Crippen LogP) is 2.13. The Morgan fingerprint density at radius 2 is 1.91 bits per heavy atom. The normalized spacial score (nSPS) is 11.1. The van der Waals surface area contributed by atoms with E-state index >= 15 is 0 Å². The zero-order valence-corrected chi connectivity index (χ0v) is 12.3. The number of nitrogens with two attached hydrogens (primary N) is 1. The second-order valence-corrected chi connectivity index (χ2v) is 4.69. The number of phenolic OH excluding ortho intramolecular Hbond substituents is 1. The summed E-state index contributed by atoms with van der Waals surface area (Å²) in [7, 11) is 1.51. The Labute approximate surface area is 128 Å². The first-order valence-corrected chi connectivity index (χ1v) is 6.59. The van der Waals surface area contributed by atoms with Crippen LogP contribution in [0.15, 0.2) is 47.6 Å². The molecule has 0 atom stereocenters. The van der Waals surface area contributed by atoms with E-state index in [1.54, 1.807) is 12.1 Å². The van der Waals surface area contributed by atoms with Gasteiger partial charge in [0.2, 0.25) is 0 Å². The Hall–Kier alpha value is -3.02. The van der Waals surface area contributed by atoms with Crippen molar-refractivity contribution in [1.29, 1.82) is 0 Å². The number of primary amides is 1. The van der Waals surface area contributed by atoms with Crippen LogP contribution in [0, 0.1) is 6.92 Å². The van der Waals surface area contributed by atoms with Gasteiger partial charge in [0.1, 0.15) is 17.2 Å². The zero-order chi connectivity index (χ0) is 16.1. The summed E-state index contributed by atoms with van der Waals surface area (Å²) in [6.07, 6.45) is 0. The molecule has 0 radical (unpaired) electrons. The summed E-state index contributed by atoms with van der Waals surface area (Å²) in [5.41, 5.74) is 9.95. The van der Waals surface area contributed by atoms with Crippen molar-refractivity contribution in [1.82, 2.24) is 5.43 Å². The number of amides is 2. The molecule has 4 N–H and O–H groups in total. The highest BCUT2D eigenvalue weighted by Gasteiger charge is 2.13. The van der Waals surface area contributed by atoms with Crippen LogP contribution in [0.1, 0.15) is 16.7 Å². The van der Waals surface area contributed by atoms with Gasteiger partial charge in [-0.15, -0.1) is 0 Å². The fraction of sp³-hybridized carbons (Fsp3) is 0.125. The minimum absolute atomic E-state index is 0.00931. The number of urea groups is 1. The van der Waals surface area contributed by atoms with Crippen LogP contribution in [0.5, 0.6) is 11.5 Å². The summed E-state index contributed by atoms with van der Waals surface area (Å²) >= 11 is 0. The molecule has 2 aromatic rings. The molecule has 0 heterocycles. The molecule has 22 heavy (non-hydrogen) atoms. The van der Waals surface area contributed by atoms with E-state index in [1.165, 1.54) is 13.2 Å². The van der Waals surface area contributed by atoms with Crippen molar-refractivity contribution in [2.24, 2.45) is 10.8 Å². The smallest absolute Gasteiger partial charge is 0.332 e. The van der Waals surface area contributed by atoms with E-state index < -0.39 is 6.03 Å². The number of benzene rings is 2. The molecule has 114 valence electrons. The minimum atomic E-state index is -0.780. The molecule has 2 amide bonds. The Morgan fingerprint density at radius 1 is 1.23 bits per heavy atom.